The van der Waals surface area contributed by atoms with E-state index in [1.54, 1.807) is 24.3 Å². The van der Waals surface area contributed by atoms with Crippen LogP contribution in [0.4, 0.5) is 11.4 Å². The maximum Gasteiger partial charge on any atom is 0.271 e. The molecule has 3 amide bonds. The Morgan fingerprint density at radius 2 is 1.75 bits per heavy atom. The van der Waals surface area contributed by atoms with E-state index in [4.69, 9.17) is 0 Å². The highest BCUT2D eigenvalue weighted by atomic mass is 16.2. The van der Waals surface area contributed by atoms with E-state index in [0.29, 0.717) is 17.8 Å². The topological polar surface area (TPSA) is 116 Å². The van der Waals surface area contributed by atoms with Gasteiger partial charge in [0.25, 0.3) is 11.8 Å². The number of aromatic amines is 1. The van der Waals surface area contributed by atoms with Gasteiger partial charge in [-0.15, -0.1) is 0 Å². The van der Waals surface area contributed by atoms with Crippen LogP contribution in [-0.4, -0.2) is 27.9 Å². The summed E-state index contributed by atoms with van der Waals surface area (Å²) < 4.78 is 0. The number of benzene rings is 2. The van der Waals surface area contributed by atoms with Crippen molar-refractivity contribution in [3.8, 4) is 0 Å². The lowest BCUT2D eigenvalue weighted by atomic mass is 10.2. The van der Waals surface area contributed by atoms with Crippen molar-refractivity contribution in [3.63, 3.8) is 0 Å². The fraction of sp³-hybridized carbons (Fsp3) is 0.100. The Morgan fingerprint density at radius 3 is 2.50 bits per heavy atom. The summed E-state index contributed by atoms with van der Waals surface area (Å²) >= 11 is 0. The van der Waals surface area contributed by atoms with Gasteiger partial charge in [-0.05, 0) is 23.8 Å². The summed E-state index contributed by atoms with van der Waals surface area (Å²) in [7, 11) is 0. The summed E-state index contributed by atoms with van der Waals surface area (Å²) in [4.78, 5) is 36.1. The molecule has 0 saturated heterocycles. The zero-order valence-corrected chi connectivity index (χ0v) is 15.2. The minimum Gasteiger partial charge on any atom is -0.347 e. The highest BCUT2D eigenvalue weighted by Crippen LogP contribution is 2.16. The molecule has 3 aromatic rings. The van der Waals surface area contributed by atoms with Gasteiger partial charge < -0.3 is 16.0 Å². The number of nitrogens with one attached hydrogen (secondary N) is 4. The van der Waals surface area contributed by atoms with Gasteiger partial charge in [-0.25, -0.2) is 0 Å². The third-order valence-electron chi connectivity index (χ3n) is 3.86. The van der Waals surface area contributed by atoms with Crippen LogP contribution in [0.3, 0.4) is 0 Å². The van der Waals surface area contributed by atoms with Crippen molar-refractivity contribution in [1.82, 2.24) is 15.5 Å². The van der Waals surface area contributed by atoms with Gasteiger partial charge in [-0.2, -0.15) is 5.10 Å². The Morgan fingerprint density at radius 1 is 0.964 bits per heavy atom. The SMILES string of the molecule is CC(=O)Nc1cccc(C(=O)Nc2cn[nH]c2C(=O)NCc2ccccc2)c1. The lowest BCUT2D eigenvalue weighted by Crippen LogP contribution is -2.25. The average molecular weight is 377 g/mol. The largest absolute Gasteiger partial charge is 0.347 e. The number of carbonyl (C=O) groups excluding carboxylic acids is 3. The number of hydrogen-bond acceptors (Lipinski definition) is 4. The van der Waals surface area contributed by atoms with Crippen molar-refractivity contribution in [2.75, 3.05) is 10.6 Å². The Balaban J connectivity index is 1.67. The quantitative estimate of drug-likeness (QED) is 0.528. The van der Waals surface area contributed by atoms with Gasteiger partial charge in [0, 0.05) is 24.7 Å². The predicted octanol–water partition coefficient (Wildman–Crippen LogP) is 2.55. The second kappa shape index (κ2) is 8.63. The molecule has 8 nitrogen and oxygen atoms in total. The van der Waals surface area contributed by atoms with E-state index in [1.165, 1.54) is 13.1 Å². The third kappa shape index (κ3) is 4.82. The molecule has 0 fully saturated rings. The van der Waals surface area contributed by atoms with E-state index in [-0.39, 0.29) is 23.2 Å². The zero-order chi connectivity index (χ0) is 19.9. The molecule has 4 N–H and O–H groups in total. The Hall–Kier alpha value is -3.94. The highest BCUT2D eigenvalue weighted by molar-refractivity contribution is 6.08. The Bertz CT molecular complexity index is 998. The van der Waals surface area contributed by atoms with Crippen LogP contribution in [0.2, 0.25) is 0 Å². The summed E-state index contributed by atoms with van der Waals surface area (Å²) in [5.74, 6) is -1.04. The van der Waals surface area contributed by atoms with E-state index in [9.17, 15) is 14.4 Å². The lowest BCUT2D eigenvalue weighted by molar-refractivity contribution is -0.114. The second-order valence-corrected chi connectivity index (χ2v) is 6.04. The Labute approximate surface area is 161 Å². The molecule has 142 valence electrons. The normalized spacial score (nSPS) is 10.2. The molecule has 8 heteroatoms. The zero-order valence-electron chi connectivity index (χ0n) is 15.2. The molecule has 2 aromatic carbocycles. The van der Waals surface area contributed by atoms with Gasteiger partial charge in [0.05, 0.1) is 11.9 Å². The molecule has 1 heterocycles. The molecule has 0 unspecified atom stereocenters. The van der Waals surface area contributed by atoms with Crippen LogP contribution < -0.4 is 16.0 Å². The number of rotatable bonds is 6. The number of aromatic nitrogens is 2. The van der Waals surface area contributed by atoms with Crippen LogP contribution in [0, 0.1) is 0 Å². The predicted molar refractivity (Wildman–Crippen MR) is 105 cm³/mol. The number of carbonyl (C=O) groups is 3. The van der Waals surface area contributed by atoms with Crippen molar-refractivity contribution in [2.45, 2.75) is 13.5 Å². The molecule has 0 spiro atoms. The van der Waals surface area contributed by atoms with Crippen molar-refractivity contribution in [2.24, 2.45) is 0 Å². The first kappa shape index (κ1) is 18.8. The molecule has 0 aliphatic rings. The van der Waals surface area contributed by atoms with E-state index in [0.717, 1.165) is 5.56 Å². The first-order valence-corrected chi connectivity index (χ1v) is 8.57. The van der Waals surface area contributed by atoms with Gasteiger partial charge >= 0.3 is 0 Å². The summed E-state index contributed by atoms with van der Waals surface area (Å²) in [6.45, 7) is 1.74. The molecule has 3 rings (SSSR count). The molecule has 0 bridgehead atoms. The second-order valence-electron chi connectivity index (χ2n) is 6.04. The molecule has 28 heavy (non-hydrogen) atoms. The van der Waals surface area contributed by atoms with Crippen molar-refractivity contribution >= 4 is 29.1 Å². The summed E-state index contributed by atoms with van der Waals surface area (Å²) in [6, 6.07) is 16.0. The first-order chi connectivity index (χ1) is 13.5. The fourth-order valence-corrected chi connectivity index (χ4v) is 2.56. The van der Waals surface area contributed by atoms with Crippen LogP contribution in [0.5, 0.6) is 0 Å². The van der Waals surface area contributed by atoms with E-state index in [2.05, 4.69) is 26.1 Å². The van der Waals surface area contributed by atoms with Gasteiger partial charge in [0.15, 0.2) is 0 Å². The standard InChI is InChI=1S/C20H19N5O3/c1-13(26)23-16-9-5-8-15(10-16)19(27)24-17-12-22-25-18(17)20(28)21-11-14-6-3-2-4-7-14/h2-10,12H,11H2,1H3,(H,21,28)(H,22,25)(H,23,26)(H,24,27). The molecule has 0 aliphatic heterocycles. The maximum absolute atomic E-state index is 12.5. The number of anilines is 2. The molecule has 0 aliphatic carbocycles. The molecule has 0 radical (unpaired) electrons. The lowest BCUT2D eigenvalue weighted by Gasteiger charge is -2.08. The van der Waals surface area contributed by atoms with Gasteiger partial charge in [-0.3, -0.25) is 19.5 Å². The van der Waals surface area contributed by atoms with Crippen LogP contribution in [-0.2, 0) is 11.3 Å². The minimum atomic E-state index is -0.425. The van der Waals surface area contributed by atoms with Crippen LogP contribution >= 0.6 is 0 Å². The van der Waals surface area contributed by atoms with Crippen LogP contribution in [0.25, 0.3) is 0 Å². The monoisotopic (exact) mass is 377 g/mol. The summed E-state index contributed by atoms with van der Waals surface area (Å²) in [6.07, 6.45) is 1.37. The van der Waals surface area contributed by atoms with Gasteiger partial charge in [0.1, 0.15) is 5.69 Å². The maximum atomic E-state index is 12.5. The molecule has 0 atom stereocenters. The van der Waals surface area contributed by atoms with E-state index in [1.807, 2.05) is 30.3 Å². The van der Waals surface area contributed by atoms with Crippen LogP contribution in [0.1, 0.15) is 33.3 Å². The van der Waals surface area contributed by atoms with E-state index >= 15 is 0 Å². The molecular formula is C20H19N5O3. The number of H-pyrrole nitrogens is 1. The van der Waals surface area contributed by atoms with Crippen LogP contribution in [0.15, 0.2) is 60.8 Å². The van der Waals surface area contributed by atoms with E-state index < -0.39 is 5.91 Å². The average Bonchev–Trinajstić information content (AvgIpc) is 3.15. The van der Waals surface area contributed by atoms with Crippen molar-refractivity contribution in [1.29, 1.82) is 0 Å². The molecule has 1 aromatic heterocycles. The molecular weight excluding hydrogens is 358 g/mol. The Kier molecular flexibility index (Phi) is 5.81. The first-order valence-electron chi connectivity index (χ1n) is 8.57. The van der Waals surface area contributed by atoms with Gasteiger partial charge in [0.2, 0.25) is 5.91 Å². The fourth-order valence-electron chi connectivity index (χ4n) is 2.56. The summed E-state index contributed by atoms with van der Waals surface area (Å²) in [5.41, 5.74) is 2.22. The minimum absolute atomic E-state index is 0.155. The number of nitrogens with zero attached hydrogens (tertiary/aromatic N) is 1. The number of hydrogen-bond donors (Lipinski definition) is 4. The van der Waals surface area contributed by atoms with Crippen molar-refractivity contribution < 1.29 is 14.4 Å². The smallest absolute Gasteiger partial charge is 0.271 e. The van der Waals surface area contributed by atoms with Gasteiger partial charge in [-0.1, -0.05) is 36.4 Å². The number of amides is 3. The third-order valence-corrected chi connectivity index (χ3v) is 3.86. The van der Waals surface area contributed by atoms with Crippen molar-refractivity contribution in [3.05, 3.63) is 77.6 Å². The summed E-state index contributed by atoms with van der Waals surface area (Å²) in [5, 5.41) is 14.5. The highest BCUT2D eigenvalue weighted by Gasteiger charge is 2.17. The molecule has 0 saturated carbocycles.